The van der Waals surface area contributed by atoms with Gasteiger partial charge in [0.1, 0.15) is 4.88 Å². The fraction of sp³-hybridized carbons (Fsp3) is 0.700. The minimum Gasteiger partial charge on any atom is -0.333 e. The topological polar surface area (TPSA) is 58.1 Å². The number of halogens is 1. The van der Waals surface area contributed by atoms with Gasteiger partial charge >= 0.3 is 0 Å². The molecular weight excluding hydrogens is 260 g/mol. The second-order valence-electron chi connectivity index (χ2n) is 3.95. The summed E-state index contributed by atoms with van der Waals surface area (Å²) in [6.45, 7) is 6.54. The Morgan fingerprint density at radius 3 is 3.06 bits per heavy atom. The third kappa shape index (κ3) is 2.94. The number of amides is 1. The zero-order chi connectivity index (χ0) is 11.5. The van der Waals surface area contributed by atoms with Crippen molar-refractivity contribution in [2.75, 3.05) is 19.6 Å². The van der Waals surface area contributed by atoms with E-state index in [0.29, 0.717) is 4.88 Å². The van der Waals surface area contributed by atoms with E-state index in [2.05, 4.69) is 21.8 Å². The molecule has 1 aromatic rings. The summed E-state index contributed by atoms with van der Waals surface area (Å²) in [5, 5.41) is 7.25. The Morgan fingerprint density at radius 2 is 2.41 bits per heavy atom. The van der Waals surface area contributed by atoms with E-state index in [4.69, 9.17) is 0 Å². The van der Waals surface area contributed by atoms with Crippen LogP contribution in [0.2, 0.25) is 0 Å². The maximum Gasteiger partial charge on any atom is 0.267 e. The monoisotopic (exact) mass is 276 g/mol. The number of rotatable bonds is 2. The Hall–Kier alpha value is -0.720. The number of hydrogen-bond donors (Lipinski definition) is 1. The number of aryl methyl sites for hydroxylation is 1. The standard InChI is InChI=1S/C10H16N4OS.ClH/c1-3-8-9(16-13-12-8)10(15)14-5-4-11-6-7(14)2;/h7,11H,3-6H2,1-2H3;1H/t7-;/m0./s1. The Bertz CT molecular complexity index is 384. The molecule has 0 aliphatic carbocycles. The molecule has 1 aliphatic rings. The van der Waals surface area contributed by atoms with Crippen LogP contribution >= 0.6 is 23.9 Å². The fourth-order valence-electron chi connectivity index (χ4n) is 1.88. The molecule has 1 fully saturated rings. The molecule has 1 aromatic heterocycles. The van der Waals surface area contributed by atoms with Crippen LogP contribution in [0, 0.1) is 0 Å². The highest BCUT2D eigenvalue weighted by Crippen LogP contribution is 2.16. The number of nitrogens with zero attached hydrogens (tertiary/aromatic N) is 3. The third-order valence-corrected chi connectivity index (χ3v) is 3.60. The minimum absolute atomic E-state index is 0. The van der Waals surface area contributed by atoms with E-state index in [1.807, 2.05) is 11.8 Å². The van der Waals surface area contributed by atoms with E-state index in [1.54, 1.807) is 0 Å². The maximum absolute atomic E-state index is 12.3. The lowest BCUT2D eigenvalue weighted by molar-refractivity contribution is 0.0659. The SMILES string of the molecule is CCc1nnsc1C(=O)N1CCNC[C@@H]1C.Cl. The van der Waals surface area contributed by atoms with Crippen LogP contribution in [0.5, 0.6) is 0 Å². The summed E-state index contributed by atoms with van der Waals surface area (Å²) in [7, 11) is 0. The summed E-state index contributed by atoms with van der Waals surface area (Å²) in [5.74, 6) is 0.0841. The van der Waals surface area contributed by atoms with Crippen LogP contribution in [0.1, 0.15) is 29.2 Å². The van der Waals surface area contributed by atoms with E-state index in [1.165, 1.54) is 11.5 Å². The van der Waals surface area contributed by atoms with Gasteiger partial charge in [-0.2, -0.15) is 0 Å². The largest absolute Gasteiger partial charge is 0.333 e. The van der Waals surface area contributed by atoms with E-state index in [0.717, 1.165) is 31.7 Å². The maximum atomic E-state index is 12.3. The molecule has 2 rings (SSSR count). The molecule has 5 nitrogen and oxygen atoms in total. The van der Waals surface area contributed by atoms with Gasteiger partial charge in [-0.3, -0.25) is 4.79 Å². The van der Waals surface area contributed by atoms with Gasteiger partial charge in [-0.05, 0) is 24.9 Å². The first-order chi connectivity index (χ1) is 7.74. The predicted molar refractivity (Wildman–Crippen MR) is 69.9 cm³/mol. The second-order valence-corrected chi connectivity index (χ2v) is 4.71. The van der Waals surface area contributed by atoms with E-state index < -0.39 is 0 Å². The summed E-state index contributed by atoms with van der Waals surface area (Å²) in [6.07, 6.45) is 0.762. The Kier molecular flexibility index (Phi) is 5.30. The summed E-state index contributed by atoms with van der Waals surface area (Å²) < 4.78 is 3.86. The molecule has 0 bridgehead atoms. The van der Waals surface area contributed by atoms with Crippen molar-refractivity contribution in [1.82, 2.24) is 19.8 Å². The molecule has 1 amide bonds. The van der Waals surface area contributed by atoms with Gasteiger partial charge in [0, 0.05) is 25.7 Å². The van der Waals surface area contributed by atoms with Crippen molar-refractivity contribution < 1.29 is 4.79 Å². The quantitative estimate of drug-likeness (QED) is 0.874. The van der Waals surface area contributed by atoms with Gasteiger partial charge in [-0.1, -0.05) is 11.4 Å². The molecule has 1 N–H and O–H groups in total. The first-order valence-electron chi connectivity index (χ1n) is 5.57. The molecule has 1 atom stereocenters. The average Bonchev–Trinajstić information content (AvgIpc) is 2.77. The first-order valence-corrected chi connectivity index (χ1v) is 6.34. The molecule has 1 aliphatic heterocycles. The number of piperazine rings is 1. The van der Waals surface area contributed by atoms with Crippen LogP contribution in [0.4, 0.5) is 0 Å². The molecule has 0 aromatic carbocycles. The van der Waals surface area contributed by atoms with Crippen molar-refractivity contribution >= 4 is 29.8 Å². The van der Waals surface area contributed by atoms with Gasteiger partial charge in [0.25, 0.3) is 5.91 Å². The van der Waals surface area contributed by atoms with Crippen LogP contribution in [-0.2, 0) is 6.42 Å². The van der Waals surface area contributed by atoms with Crippen LogP contribution in [0.25, 0.3) is 0 Å². The molecule has 0 radical (unpaired) electrons. The van der Waals surface area contributed by atoms with Gasteiger partial charge in [0.15, 0.2) is 0 Å². The molecule has 0 unspecified atom stereocenters. The van der Waals surface area contributed by atoms with E-state index in [-0.39, 0.29) is 24.4 Å². The smallest absolute Gasteiger partial charge is 0.267 e. The third-order valence-electron chi connectivity index (χ3n) is 2.85. The highest BCUT2D eigenvalue weighted by Gasteiger charge is 2.27. The summed E-state index contributed by atoms with van der Waals surface area (Å²) in [6, 6.07) is 0.244. The highest BCUT2D eigenvalue weighted by molar-refractivity contribution is 7.08. The van der Waals surface area contributed by atoms with Crippen molar-refractivity contribution in [2.45, 2.75) is 26.3 Å². The summed E-state index contributed by atoms with van der Waals surface area (Å²) >= 11 is 1.21. The van der Waals surface area contributed by atoms with Crippen LogP contribution in [0.15, 0.2) is 0 Å². The lowest BCUT2D eigenvalue weighted by Crippen LogP contribution is -2.52. The first kappa shape index (κ1) is 14.3. The van der Waals surface area contributed by atoms with Crippen molar-refractivity contribution in [3.63, 3.8) is 0 Å². The Balaban J connectivity index is 0.00000144. The van der Waals surface area contributed by atoms with Crippen molar-refractivity contribution in [1.29, 1.82) is 0 Å². The number of nitrogens with one attached hydrogen (secondary N) is 1. The molecule has 2 heterocycles. The second kappa shape index (κ2) is 6.28. The molecule has 7 heteroatoms. The normalized spacial score (nSPS) is 19.9. The van der Waals surface area contributed by atoms with Gasteiger partial charge in [-0.15, -0.1) is 17.5 Å². The molecule has 1 saturated heterocycles. The van der Waals surface area contributed by atoms with Crippen molar-refractivity contribution in [3.05, 3.63) is 10.6 Å². The minimum atomic E-state index is 0. The molecule has 17 heavy (non-hydrogen) atoms. The number of carbonyl (C=O) groups excluding carboxylic acids is 1. The van der Waals surface area contributed by atoms with Gasteiger partial charge in [-0.25, -0.2) is 0 Å². The lowest BCUT2D eigenvalue weighted by atomic mass is 10.2. The van der Waals surface area contributed by atoms with Crippen LogP contribution in [-0.4, -0.2) is 46.1 Å². The molecule has 96 valence electrons. The fourth-order valence-corrected chi connectivity index (χ4v) is 2.58. The van der Waals surface area contributed by atoms with Crippen molar-refractivity contribution in [2.24, 2.45) is 0 Å². The van der Waals surface area contributed by atoms with Gasteiger partial charge < -0.3 is 10.2 Å². The Labute approximate surface area is 111 Å². The van der Waals surface area contributed by atoms with Crippen molar-refractivity contribution in [3.8, 4) is 0 Å². The Morgan fingerprint density at radius 1 is 1.65 bits per heavy atom. The summed E-state index contributed by atoms with van der Waals surface area (Å²) in [5.41, 5.74) is 0.820. The molecule has 0 saturated carbocycles. The van der Waals surface area contributed by atoms with Gasteiger partial charge in [0.05, 0.1) is 5.69 Å². The number of aromatic nitrogens is 2. The highest BCUT2D eigenvalue weighted by atomic mass is 35.5. The summed E-state index contributed by atoms with van der Waals surface area (Å²) in [4.78, 5) is 14.9. The van der Waals surface area contributed by atoms with E-state index in [9.17, 15) is 4.79 Å². The predicted octanol–water partition coefficient (Wildman–Crippen LogP) is 0.956. The van der Waals surface area contributed by atoms with Gasteiger partial charge in [0.2, 0.25) is 0 Å². The zero-order valence-electron chi connectivity index (χ0n) is 9.97. The number of hydrogen-bond acceptors (Lipinski definition) is 5. The van der Waals surface area contributed by atoms with Crippen LogP contribution in [0.3, 0.4) is 0 Å². The molecular formula is C10H17ClN4OS. The zero-order valence-corrected chi connectivity index (χ0v) is 11.6. The lowest BCUT2D eigenvalue weighted by Gasteiger charge is -2.33. The number of carbonyl (C=O) groups is 1. The van der Waals surface area contributed by atoms with E-state index >= 15 is 0 Å². The van der Waals surface area contributed by atoms with Crippen LogP contribution < -0.4 is 5.32 Å². The molecule has 0 spiro atoms. The average molecular weight is 277 g/mol.